The summed E-state index contributed by atoms with van der Waals surface area (Å²) in [4.78, 5) is 11.9. The summed E-state index contributed by atoms with van der Waals surface area (Å²) in [6, 6.07) is 0. The van der Waals surface area contributed by atoms with Gasteiger partial charge in [0, 0.05) is 6.42 Å². The molecule has 1 fully saturated rings. The predicted molar refractivity (Wildman–Crippen MR) is 186 cm³/mol. The van der Waals surface area contributed by atoms with E-state index in [9.17, 15) is 20.1 Å². The molecule has 0 aromatic rings. The molecule has 1 aliphatic rings. The third kappa shape index (κ3) is 31.3. The largest absolute Gasteiger partial charge is 0.457 e. The molecule has 0 spiro atoms. The fourth-order valence-corrected chi connectivity index (χ4v) is 4.84. The lowest BCUT2D eigenvalue weighted by molar-refractivity contribution is -0.162. The van der Waals surface area contributed by atoms with Crippen LogP contribution in [0.1, 0.15) is 96.8 Å². The van der Waals surface area contributed by atoms with Gasteiger partial charge in [0.15, 0.2) is 6.10 Å². The molecule has 0 unspecified atom stereocenters. The van der Waals surface area contributed by atoms with Gasteiger partial charge >= 0.3 is 5.97 Å². The van der Waals surface area contributed by atoms with Crippen molar-refractivity contribution in [1.29, 1.82) is 0 Å². The number of aliphatic hydroxyl groups is 5. The molecular formula is C36H70O13. The molecule has 1 heterocycles. The third-order valence-electron chi connectivity index (χ3n) is 7.62. The first-order valence-electron chi connectivity index (χ1n) is 18.5. The van der Waals surface area contributed by atoms with Crippen LogP contribution in [0.3, 0.4) is 0 Å². The summed E-state index contributed by atoms with van der Waals surface area (Å²) in [5, 5.41) is 45.6. The average Bonchev–Trinajstić information content (AvgIpc) is 3.44. The van der Waals surface area contributed by atoms with Gasteiger partial charge in [-0.15, -0.1) is 0 Å². The minimum atomic E-state index is -1.14. The maximum Gasteiger partial charge on any atom is 0.306 e. The van der Waals surface area contributed by atoms with Crippen molar-refractivity contribution in [2.24, 2.45) is 0 Å². The van der Waals surface area contributed by atoms with Crippen molar-refractivity contribution >= 4 is 5.97 Å². The van der Waals surface area contributed by atoms with Gasteiger partial charge in [0.25, 0.3) is 0 Å². The number of esters is 1. The quantitative estimate of drug-likeness (QED) is 0.0374. The summed E-state index contributed by atoms with van der Waals surface area (Å²) >= 11 is 0. The summed E-state index contributed by atoms with van der Waals surface area (Å²) in [6.07, 6.45) is 16.5. The second kappa shape index (κ2) is 38.0. The lowest BCUT2D eigenvalue weighted by Gasteiger charge is -2.24. The summed E-state index contributed by atoms with van der Waals surface area (Å²) in [6.45, 7) is 6.59. The highest BCUT2D eigenvalue weighted by Crippen LogP contribution is 2.20. The Morgan fingerprint density at radius 1 is 0.653 bits per heavy atom. The van der Waals surface area contributed by atoms with Gasteiger partial charge in [-0.3, -0.25) is 4.79 Å². The van der Waals surface area contributed by atoms with Gasteiger partial charge in [0.2, 0.25) is 0 Å². The Morgan fingerprint density at radius 2 is 1.08 bits per heavy atom. The number of aliphatic hydroxyl groups excluding tert-OH is 5. The first-order chi connectivity index (χ1) is 24.0. The average molecular weight is 711 g/mol. The van der Waals surface area contributed by atoms with Crippen molar-refractivity contribution in [3.8, 4) is 0 Å². The lowest BCUT2D eigenvalue weighted by Crippen LogP contribution is -2.43. The van der Waals surface area contributed by atoms with Gasteiger partial charge in [0.1, 0.15) is 18.3 Å². The van der Waals surface area contributed by atoms with Crippen molar-refractivity contribution in [2.45, 2.75) is 121 Å². The Labute approximate surface area is 295 Å². The van der Waals surface area contributed by atoms with Crippen LogP contribution in [0.5, 0.6) is 0 Å². The fraction of sp³-hybridized carbons (Fsp3) is 0.917. The number of allylic oxidation sites excluding steroid dienone is 2. The second-order valence-corrected chi connectivity index (χ2v) is 11.9. The van der Waals surface area contributed by atoms with E-state index < -0.39 is 37.0 Å². The second-order valence-electron chi connectivity index (χ2n) is 11.9. The van der Waals surface area contributed by atoms with Crippen LogP contribution < -0.4 is 0 Å². The molecular weight excluding hydrogens is 640 g/mol. The molecule has 0 aromatic carbocycles. The van der Waals surface area contributed by atoms with Gasteiger partial charge in [-0.1, -0.05) is 70.4 Å². The Morgan fingerprint density at radius 3 is 1.49 bits per heavy atom. The van der Waals surface area contributed by atoms with Gasteiger partial charge in [-0.2, -0.15) is 0 Å². The van der Waals surface area contributed by atoms with Crippen LogP contribution in [-0.2, 0) is 38.0 Å². The fourth-order valence-electron chi connectivity index (χ4n) is 4.84. The maximum absolute atomic E-state index is 11.9. The molecule has 1 rings (SSSR count). The zero-order valence-corrected chi connectivity index (χ0v) is 30.3. The number of carbonyl (C=O) groups is 1. The van der Waals surface area contributed by atoms with Crippen molar-refractivity contribution in [3.05, 3.63) is 12.2 Å². The van der Waals surface area contributed by atoms with Crippen LogP contribution in [0, 0.1) is 0 Å². The molecule has 49 heavy (non-hydrogen) atoms. The van der Waals surface area contributed by atoms with Crippen LogP contribution in [0.25, 0.3) is 0 Å². The molecule has 4 atom stereocenters. The molecule has 0 amide bonds. The van der Waals surface area contributed by atoms with Crippen LogP contribution in [-0.4, -0.2) is 148 Å². The van der Waals surface area contributed by atoms with Gasteiger partial charge < -0.3 is 58.7 Å². The molecule has 0 bridgehead atoms. The molecule has 13 heteroatoms. The molecule has 0 aromatic heterocycles. The number of rotatable bonds is 34. The molecule has 0 radical (unpaired) electrons. The Hall–Kier alpha value is -1.23. The molecule has 5 N–H and O–H groups in total. The zero-order chi connectivity index (χ0) is 36.0. The molecule has 0 saturated carbocycles. The molecule has 0 aliphatic carbocycles. The van der Waals surface area contributed by atoms with E-state index in [2.05, 4.69) is 19.1 Å². The number of unbranched alkanes of at least 4 members (excludes halogenated alkanes) is 11. The predicted octanol–water partition coefficient (Wildman–Crippen LogP) is 3.10. The van der Waals surface area contributed by atoms with Crippen molar-refractivity contribution < 1.29 is 63.5 Å². The van der Waals surface area contributed by atoms with E-state index in [-0.39, 0.29) is 19.8 Å². The van der Waals surface area contributed by atoms with E-state index in [1.807, 2.05) is 0 Å². The summed E-state index contributed by atoms with van der Waals surface area (Å²) in [7, 11) is 0. The topological polar surface area (TPSA) is 183 Å². The molecule has 292 valence electrons. The molecule has 13 nitrogen and oxygen atoms in total. The standard InChI is InChI=1S/C24H44O6.C12H26O7/c1-2-3-4-5-6-7-8-9-10-11-12-13-14-15-16-17-22(27)30-21(18-25)24-23(28)20(26)19-29-24;13-1-3-15-5-7-17-9-11-19-12-10-18-8-6-16-4-2-14/h9-10,20-21,23-26,28H,2-8,11-19H2,1H3;13-14H,1-12H2/b10-9-;/t20-,21+,23+,24+;/m0./s1. The first-order valence-corrected chi connectivity index (χ1v) is 18.5. The highest BCUT2D eigenvalue weighted by atomic mass is 16.6. The first kappa shape index (κ1) is 47.8. The third-order valence-corrected chi connectivity index (χ3v) is 7.62. The van der Waals surface area contributed by atoms with E-state index in [1.54, 1.807) is 0 Å². The molecule has 1 saturated heterocycles. The van der Waals surface area contributed by atoms with E-state index in [4.69, 9.17) is 43.4 Å². The number of ether oxygens (including phenoxy) is 7. The van der Waals surface area contributed by atoms with Crippen molar-refractivity contribution in [2.75, 3.05) is 92.5 Å². The van der Waals surface area contributed by atoms with E-state index in [0.717, 1.165) is 32.1 Å². The monoisotopic (exact) mass is 710 g/mol. The lowest BCUT2D eigenvalue weighted by atomic mass is 10.1. The van der Waals surface area contributed by atoms with E-state index in [1.165, 1.54) is 51.4 Å². The summed E-state index contributed by atoms with van der Waals surface area (Å²) < 4.78 is 36.2. The number of carbonyl (C=O) groups excluding carboxylic acids is 1. The normalized spacial score (nSPS) is 18.1. The zero-order valence-electron chi connectivity index (χ0n) is 30.3. The van der Waals surface area contributed by atoms with Crippen molar-refractivity contribution in [3.63, 3.8) is 0 Å². The minimum Gasteiger partial charge on any atom is -0.457 e. The van der Waals surface area contributed by atoms with E-state index in [0.29, 0.717) is 72.5 Å². The number of hydrogen-bond donors (Lipinski definition) is 5. The Balaban J connectivity index is 0.00000105. The van der Waals surface area contributed by atoms with Crippen LogP contribution in [0.2, 0.25) is 0 Å². The van der Waals surface area contributed by atoms with Gasteiger partial charge in [-0.25, -0.2) is 0 Å². The van der Waals surface area contributed by atoms with Gasteiger partial charge in [0.05, 0.1) is 92.5 Å². The smallest absolute Gasteiger partial charge is 0.306 e. The highest BCUT2D eigenvalue weighted by Gasteiger charge is 2.41. The van der Waals surface area contributed by atoms with Crippen LogP contribution in [0.15, 0.2) is 12.2 Å². The Bertz CT molecular complexity index is 696. The van der Waals surface area contributed by atoms with Gasteiger partial charge in [-0.05, 0) is 32.1 Å². The number of hydrogen-bond acceptors (Lipinski definition) is 13. The highest BCUT2D eigenvalue weighted by molar-refractivity contribution is 5.69. The summed E-state index contributed by atoms with van der Waals surface area (Å²) in [5.41, 5.74) is 0. The van der Waals surface area contributed by atoms with Crippen LogP contribution in [0.4, 0.5) is 0 Å². The molecule has 1 aliphatic heterocycles. The summed E-state index contributed by atoms with van der Waals surface area (Å²) in [5.74, 6) is -0.399. The minimum absolute atomic E-state index is 0.0197. The van der Waals surface area contributed by atoms with E-state index >= 15 is 0 Å². The van der Waals surface area contributed by atoms with Crippen LogP contribution >= 0.6 is 0 Å². The SMILES string of the molecule is CCCCCCCC/C=C\CCCCCCCC(=O)O[C@H](CO)[C@H]1OC[C@H](O)[C@H]1O.OCCOCCOCCOCCOCCOCCO. The maximum atomic E-state index is 11.9. The van der Waals surface area contributed by atoms with Crippen molar-refractivity contribution in [1.82, 2.24) is 0 Å². The Kier molecular flexibility index (Phi) is 37.1.